The second-order valence-corrected chi connectivity index (χ2v) is 4.40. The van der Waals surface area contributed by atoms with E-state index in [1.807, 2.05) is 13.8 Å². The summed E-state index contributed by atoms with van der Waals surface area (Å²) in [5.74, 6) is 0.517. The maximum atomic E-state index is 11.7. The second kappa shape index (κ2) is 5.14. The summed E-state index contributed by atoms with van der Waals surface area (Å²) in [6, 6.07) is 0.102. The van der Waals surface area contributed by atoms with Crippen LogP contribution < -0.4 is 5.32 Å². The van der Waals surface area contributed by atoms with E-state index in [2.05, 4.69) is 10.1 Å². The van der Waals surface area contributed by atoms with Gasteiger partial charge in [-0.05, 0) is 19.3 Å². The molecule has 86 valence electrons. The summed E-state index contributed by atoms with van der Waals surface area (Å²) in [4.78, 5) is 22.7. The highest BCUT2D eigenvalue weighted by Gasteiger charge is 2.31. The number of ether oxygens (including phenoxy) is 1. The van der Waals surface area contributed by atoms with Gasteiger partial charge in [-0.3, -0.25) is 4.79 Å². The number of hydrogen-bond donors (Lipinski definition) is 1. The van der Waals surface area contributed by atoms with Crippen molar-refractivity contribution in [2.24, 2.45) is 11.8 Å². The molecule has 1 saturated carbocycles. The lowest BCUT2D eigenvalue weighted by Gasteiger charge is -2.13. The molecule has 1 amide bonds. The molecule has 1 aliphatic rings. The van der Waals surface area contributed by atoms with Gasteiger partial charge < -0.3 is 10.1 Å². The third-order valence-corrected chi connectivity index (χ3v) is 2.91. The van der Waals surface area contributed by atoms with Gasteiger partial charge in [0.2, 0.25) is 0 Å². The van der Waals surface area contributed by atoms with Crippen molar-refractivity contribution in [3.05, 3.63) is 0 Å². The van der Waals surface area contributed by atoms with Crippen molar-refractivity contribution >= 4 is 11.9 Å². The van der Waals surface area contributed by atoms with Crippen molar-refractivity contribution in [1.82, 2.24) is 5.32 Å². The third kappa shape index (κ3) is 3.22. The van der Waals surface area contributed by atoms with Gasteiger partial charge in [-0.1, -0.05) is 13.8 Å². The number of carbonyl (C=O) groups excluding carboxylic acids is 2. The zero-order chi connectivity index (χ0) is 11.4. The molecule has 4 nitrogen and oxygen atoms in total. The van der Waals surface area contributed by atoms with Gasteiger partial charge >= 0.3 is 6.09 Å². The molecular formula is C11H19NO3. The molecule has 1 N–H and O–H groups in total. The molecule has 0 aromatic heterocycles. The van der Waals surface area contributed by atoms with E-state index < -0.39 is 6.09 Å². The molecule has 1 fully saturated rings. The fourth-order valence-electron chi connectivity index (χ4n) is 2.07. The van der Waals surface area contributed by atoms with Gasteiger partial charge in [0.05, 0.1) is 7.11 Å². The van der Waals surface area contributed by atoms with Crippen LogP contribution in [-0.4, -0.2) is 25.0 Å². The number of hydrogen-bond acceptors (Lipinski definition) is 3. The van der Waals surface area contributed by atoms with E-state index in [0.717, 1.165) is 19.3 Å². The maximum Gasteiger partial charge on any atom is 0.407 e. The van der Waals surface area contributed by atoms with Gasteiger partial charge in [0.15, 0.2) is 0 Å². The van der Waals surface area contributed by atoms with Crippen LogP contribution >= 0.6 is 0 Å². The van der Waals surface area contributed by atoms with Crippen LogP contribution in [0.3, 0.4) is 0 Å². The molecule has 15 heavy (non-hydrogen) atoms. The number of nitrogens with one attached hydrogen (secondary N) is 1. The van der Waals surface area contributed by atoms with E-state index in [-0.39, 0.29) is 17.9 Å². The summed E-state index contributed by atoms with van der Waals surface area (Å²) in [5.41, 5.74) is 0. The lowest BCUT2D eigenvalue weighted by molar-refractivity contribution is -0.125. The van der Waals surface area contributed by atoms with Gasteiger partial charge in [-0.15, -0.1) is 0 Å². The molecule has 0 heterocycles. The molecule has 0 radical (unpaired) electrons. The SMILES string of the molecule is COC(=O)N[C@@H]1CC[C@H](C(=O)C(C)C)C1. The molecule has 4 heteroatoms. The van der Waals surface area contributed by atoms with E-state index >= 15 is 0 Å². The van der Waals surface area contributed by atoms with E-state index in [9.17, 15) is 9.59 Å². The van der Waals surface area contributed by atoms with Gasteiger partial charge in [0, 0.05) is 17.9 Å². The highest BCUT2D eigenvalue weighted by atomic mass is 16.5. The van der Waals surface area contributed by atoms with Crippen molar-refractivity contribution in [3.8, 4) is 0 Å². The van der Waals surface area contributed by atoms with Gasteiger partial charge in [0.25, 0.3) is 0 Å². The Labute approximate surface area is 90.4 Å². The third-order valence-electron chi connectivity index (χ3n) is 2.91. The average Bonchev–Trinajstić information content (AvgIpc) is 2.64. The standard InChI is InChI=1S/C11H19NO3/c1-7(2)10(13)8-4-5-9(6-8)12-11(14)15-3/h7-9H,4-6H2,1-3H3,(H,12,14)/t8-,9+/m0/s1. The van der Waals surface area contributed by atoms with Crippen molar-refractivity contribution in [1.29, 1.82) is 0 Å². The molecule has 0 aromatic rings. The van der Waals surface area contributed by atoms with Gasteiger partial charge in [-0.25, -0.2) is 4.79 Å². The number of alkyl carbamates (subject to hydrolysis) is 1. The zero-order valence-corrected chi connectivity index (χ0v) is 9.58. The Bertz CT molecular complexity index is 250. The molecule has 1 rings (SSSR count). The molecule has 0 saturated heterocycles. The van der Waals surface area contributed by atoms with Crippen LogP contribution in [0.25, 0.3) is 0 Å². The van der Waals surface area contributed by atoms with E-state index in [0.29, 0.717) is 5.78 Å². The van der Waals surface area contributed by atoms with E-state index in [1.54, 1.807) is 0 Å². The largest absolute Gasteiger partial charge is 0.453 e. The van der Waals surface area contributed by atoms with Gasteiger partial charge in [0.1, 0.15) is 5.78 Å². The lowest BCUT2D eigenvalue weighted by atomic mass is 9.94. The molecule has 0 unspecified atom stereocenters. The Morgan fingerprint density at radius 3 is 2.53 bits per heavy atom. The number of ketones is 1. The van der Waals surface area contributed by atoms with Crippen LogP contribution in [-0.2, 0) is 9.53 Å². The topological polar surface area (TPSA) is 55.4 Å². The quantitative estimate of drug-likeness (QED) is 0.776. The van der Waals surface area contributed by atoms with Crippen LogP contribution in [0, 0.1) is 11.8 Å². The Balaban J connectivity index is 2.39. The van der Waals surface area contributed by atoms with Crippen molar-refractivity contribution < 1.29 is 14.3 Å². The van der Waals surface area contributed by atoms with E-state index in [1.165, 1.54) is 7.11 Å². The van der Waals surface area contributed by atoms with Crippen molar-refractivity contribution in [2.45, 2.75) is 39.2 Å². The Kier molecular flexibility index (Phi) is 4.12. The summed E-state index contributed by atoms with van der Waals surface area (Å²) < 4.78 is 4.52. The molecule has 1 aliphatic carbocycles. The predicted octanol–water partition coefficient (Wildman–Crippen LogP) is 1.74. The number of Topliss-reactive ketones (excluding diaryl/α,β-unsaturated/α-hetero) is 1. The van der Waals surface area contributed by atoms with Crippen molar-refractivity contribution in [3.63, 3.8) is 0 Å². The number of amides is 1. The molecule has 0 aromatic carbocycles. The fraction of sp³-hybridized carbons (Fsp3) is 0.818. The van der Waals surface area contributed by atoms with Crippen LogP contribution in [0.5, 0.6) is 0 Å². The smallest absolute Gasteiger partial charge is 0.407 e. The first-order chi connectivity index (χ1) is 7.04. The average molecular weight is 213 g/mol. The minimum Gasteiger partial charge on any atom is -0.453 e. The lowest BCUT2D eigenvalue weighted by Crippen LogP contribution is -2.33. The summed E-state index contributed by atoms with van der Waals surface area (Å²) >= 11 is 0. The predicted molar refractivity (Wildman–Crippen MR) is 56.5 cm³/mol. The van der Waals surface area contributed by atoms with Crippen LogP contribution in [0.4, 0.5) is 4.79 Å². The zero-order valence-electron chi connectivity index (χ0n) is 9.58. The van der Waals surface area contributed by atoms with Gasteiger partial charge in [-0.2, -0.15) is 0 Å². The normalized spacial score (nSPS) is 25.3. The monoisotopic (exact) mass is 213 g/mol. The fourth-order valence-corrected chi connectivity index (χ4v) is 2.07. The molecule has 0 bridgehead atoms. The molecule has 2 atom stereocenters. The van der Waals surface area contributed by atoms with E-state index in [4.69, 9.17) is 0 Å². The maximum absolute atomic E-state index is 11.7. The van der Waals surface area contributed by atoms with Crippen LogP contribution in [0.2, 0.25) is 0 Å². The summed E-state index contributed by atoms with van der Waals surface area (Å²) in [6.07, 6.45) is 2.10. The first-order valence-corrected chi connectivity index (χ1v) is 5.42. The molecular weight excluding hydrogens is 194 g/mol. The Morgan fingerprint density at radius 1 is 1.33 bits per heavy atom. The van der Waals surface area contributed by atoms with Crippen molar-refractivity contribution in [2.75, 3.05) is 7.11 Å². The second-order valence-electron chi connectivity index (χ2n) is 4.40. The summed E-state index contributed by atoms with van der Waals surface area (Å²) in [6.45, 7) is 3.84. The number of carbonyl (C=O) groups is 2. The highest BCUT2D eigenvalue weighted by molar-refractivity contribution is 5.83. The number of rotatable bonds is 3. The highest BCUT2D eigenvalue weighted by Crippen LogP contribution is 2.28. The minimum absolute atomic E-state index is 0.0897. The number of methoxy groups -OCH3 is 1. The first kappa shape index (κ1) is 12.0. The first-order valence-electron chi connectivity index (χ1n) is 5.42. The minimum atomic E-state index is -0.405. The van der Waals surface area contributed by atoms with Crippen LogP contribution in [0.15, 0.2) is 0 Å². The Hall–Kier alpha value is -1.06. The Morgan fingerprint density at radius 2 is 2.00 bits per heavy atom. The molecule has 0 spiro atoms. The van der Waals surface area contributed by atoms with Crippen LogP contribution in [0.1, 0.15) is 33.1 Å². The summed E-state index contributed by atoms with van der Waals surface area (Å²) in [5, 5.41) is 2.74. The molecule has 0 aliphatic heterocycles. The summed E-state index contributed by atoms with van der Waals surface area (Å²) in [7, 11) is 1.35.